The molecule has 5 nitrogen and oxygen atoms in total. The number of carbonyl (C=O) groups is 1. The van der Waals surface area contributed by atoms with Gasteiger partial charge in [-0.1, -0.05) is 12.1 Å². The first-order valence-corrected chi connectivity index (χ1v) is 6.88. The van der Waals surface area contributed by atoms with Crippen LogP contribution in [-0.4, -0.2) is 33.3 Å². The largest absolute Gasteiger partial charge is 0.497 e. The SMILES string of the molecule is COC(=O)c1cc(OCCN)cc(-c2ccc(OC)cc2)c1. The van der Waals surface area contributed by atoms with E-state index in [4.69, 9.17) is 19.9 Å². The van der Waals surface area contributed by atoms with Crippen LogP contribution < -0.4 is 15.2 Å². The Balaban J connectivity index is 2.41. The van der Waals surface area contributed by atoms with Crippen LogP contribution in [0.2, 0.25) is 0 Å². The van der Waals surface area contributed by atoms with Crippen LogP contribution in [0.15, 0.2) is 42.5 Å². The molecule has 0 unspecified atom stereocenters. The highest BCUT2D eigenvalue weighted by Crippen LogP contribution is 2.28. The third-order valence-corrected chi connectivity index (χ3v) is 3.14. The maximum absolute atomic E-state index is 11.8. The molecule has 5 heteroatoms. The Morgan fingerprint density at radius 3 is 2.32 bits per heavy atom. The van der Waals surface area contributed by atoms with E-state index in [1.165, 1.54) is 7.11 Å². The topological polar surface area (TPSA) is 70.8 Å². The summed E-state index contributed by atoms with van der Waals surface area (Å²) in [6, 6.07) is 12.8. The van der Waals surface area contributed by atoms with E-state index in [-0.39, 0.29) is 0 Å². The van der Waals surface area contributed by atoms with Crippen LogP contribution in [0, 0.1) is 0 Å². The summed E-state index contributed by atoms with van der Waals surface area (Å²) in [5, 5.41) is 0. The second kappa shape index (κ2) is 7.47. The van der Waals surface area contributed by atoms with Gasteiger partial charge in [0.25, 0.3) is 0 Å². The molecule has 0 radical (unpaired) electrons. The van der Waals surface area contributed by atoms with E-state index >= 15 is 0 Å². The van der Waals surface area contributed by atoms with Crippen molar-refractivity contribution in [2.45, 2.75) is 0 Å². The molecule has 0 aromatic heterocycles. The minimum atomic E-state index is -0.409. The van der Waals surface area contributed by atoms with Gasteiger partial charge in [0.05, 0.1) is 19.8 Å². The quantitative estimate of drug-likeness (QED) is 0.830. The Labute approximate surface area is 129 Å². The molecule has 0 bridgehead atoms. The molecule has 2 aromatic carbocycles. The van der Waals surface area contributed by atoms with Crippen LogP contribution >= 0.6 is 0 Å². The molecule has 0 fully saturated rings. The Morgan fingerprint density at radius 1 is 1.00 bits per heavy atom. The Morgan fingerprint density at radius 2 is 1.73 bits per heavy atom. The Kier molecular flexibility index (Phi) is 5.38. The number of rotatable bonds is 6. The lowest BCUT2D eigenvalue weighted by atomic mass is 10.0. The van der Waals surface area contributed by atoms with Crippen LogP contribution in [0.25, 0.3) is 11.1 Å². The minimum absolute atomic E-state index is 0.382. The van der Waals surface area contributed by atoms with Crippen molar-refractivity contribution in [3.8, 4) is 22.6 Å². The van der Waals surface area contributed by atoms with Gasteiger partial charge in [-0.05, 0) is 41.5 Å². The lowest BCUT2D eigenvalue weighted by Crippen LogP contribution is -2.11. The lowest BCUT2D eigenvalue weighted by molar-refractivity contribution is 0.0600. The maximum Gasteiger partial charge on any atom is 0.338 e. The van der Waals surface area contributed by atoms with Crippen molar-refractivity contribution < 1.29 is 19.0 Å². The van der Waals surface area contributed by atoms with Crippen molar-refractivity contribution >= 4 is 5.97 Å². The summed E-state index contributed by atoms with van der Waals surface area (Å²) in [5.41, 5.74) is 7.69. The van der Waals surface area contributed by atoms with Crippen LogP contribution in [0.5, 0.6) is 11.5 Å². The van der Waals surface area contributed by atoms with Gasteiger partial charge in [-0.15, -0.1) is 0 Å². The first kappa shape index (κ1) is 15.9. The van der Waals surface area contributed by atoms with Gasteiger partial charge in [0.2, 0.25) is 0 Å². The number of benzene rings is 2. The number of esters is 1. The molecule has 2 N–H and O–H groups in total. The van der Waals surface area contributed by atoms with Crippen LogP contribution in [0.1, 0.15) is 10.4 Å². The summed E-state index contributed by atoms with van der Waals surface area (Å²) in [5.74, 6) is 0.944. The molecule has 0 heterocycles. The van der Waals surface area contributed by atoms with Gasteiger partial charge in [-0.3, -0.25) is 0 Å². The van der Waals surface area contributed by atoms with E-state index in [1.54, 1.807) is 19.2 Å². The van der Waals surface area contributed by atoms with E-state index in [9.17, 15) is 4.79 Å². The third-order valence-electron chi connectivity index (χ3n) is 3.14. The van der Waals surface area contributed by atoms with Gasteiger partial charge in [0.1, 0.15) is 18.1 Å². The number of carbonyl (C=O) groups excluding carboxylic acids is 1. The third kappa shape index (κ3) is 3.77. The monoisotopic (exact) mass is 301 g/mol. The fourth-order valence-corrected chi connectivity index (χ4v) is 2.05. The van der Waals surface area contributed by atoms with Gasteiger partial charge in [-0.25, -0.2) is 4.79 Å². The normalized spacial score (nSPS) is 10.1. The van der Waals surface area contributed by atoms with Crippen LogP contribution in [-0.2, 0) is 4.74 Å². The Hall–Kier alpha value is -2.53. The highest BCUT2D eigenvalue weighted by atomic mass is 16.5. The van der Waals surface area contributed by atoms with Gasteiger partial charge in [-0.2, -0.15) is 0 Å². The number of methoxy groups -OCH3 is 2. The fraction of sp³-hybridized carbons (Fsp3) is 0.235. The average Bonchev–Trinajstić information content (AvgIpc) is 2.59. The average molecular weight is 301 g/mol. The van der Waals surface area contributed by atoms with Crippen molar-refractivity contribution in [3.05, 3.63) is 48.0 Å². The molecule has 2 rings (SSSR count). The summed E-state index contributed by atoms with van der Waals surface area (Å²) < 4.78 is 15.5. The van der Waals surface area contributed by atoms with E-state index in [0.29, 0.717) is 24.5 Å². The molecule has 0 atom stereocenters. The van der Waals surface area contributed by atoms with Crippen molar-refractivity contribution in [2.24, 2.45) is 5.73 Å². The Bertz CT molecular complexity index is 638. The first-order chi connectivity index (χ1) is 10.7. The molecule has 2 aromatic rings. The molecule has 116 valence electrons. The summed E-state index contributed by atoms with van der Waals surface area (Å²) in [4.78, 5) is 11.8. The molecule has 0 amide bonds. The summed E-state index contributed by atoms with van der Waals surface area (Å²) >= 11 is 0. The smallest absolute Gasteiger partial charge is 0.338 e. The van der Waals surface area contributed by atoms with E-state index in [0.717, 1.165) is 16.9 Å². The van der Waals surface area contributed by atoms with Crippen molar-refractivity contribution in [1.82, 2.24) is 0 Å². The second-order valence-corrected chi connectivity index (χ2v) is 4.60. The van der Waals surface area contributed by atoms with Crippen molar-refractivity contribution in [1.29, 1.82) is 0 Å². The van der Waals surface area contributed by atoms with Crippen LogP contribution in [0.4, 0.5) is 0 Å². The van der Waals surface area contributed by atoms with E-state index in [2.05, 4.69) is 0 Å². The zero-order valence-electron chi connectivity index (χ0n) is 12.7. The first-order valence-electron chi connectivity index (χ1n) is 6.88. The van der Waals surface area contributed by atoms with Gasteiger partial charge in [0.15, 0.2) is 0 Å². The zero-order valence-corrected chi connectivity index (χ0v) is 12.7. The zero-order chi connectivity index (χ0) is 15.9. The number of hydrogen-bond donors (Lipinski definition) is 1. The molecular weight excluding hydrogens is 282 g/mol. The molecule has 0 aliphatic carbocycles. The van der Waals surface area contributed by atoms with Crippen molar-refractivity contribution in [2.75, 3.05) is 27.4 Å². The number of hydrogen-bond acceptors (Lipinski definition) is 5. The predicted molar refractivity (Wildman–Crippen MR) is 84.3 cm³/mol. The lowest BCUT2D eigenvalue weighted by Gasteiger charge is -2.10. The van der Waals surface area contributed by atoms with E-state index < -0.39 is 5.97 Å². The minimum Gasteiger partial charge on any atom is -0.497 e. The summed E-state index contributed by atoms with van der Waals surface area (Å²) in [6.45, 7) is 0.785. The number of ether oxygens (including phenoxy) is 3. The highest BCUT2D eigenvalue weighted by Gasteiger charge is 2.11. The van der Waals surface area contributed by atoms with Gasteiger partial charge >= 0.3 is 5.97 Å². The second-order valence-electron chi connectivity index (χ2n) is 4.60. The predicted octanol–water partition coefficient (Wildman–Crippen LogP) is 2.49. The summed E-state index contributed by atoms with van der Waals surface area (Å²) in [7, 11) is 2.97. The fourth-order valence-electron chi connectivity index (χ4n) is 2.05. The van der Waals surface area contributed by atoms with Crippen molar-refractivity contribution in [3.63, 3.8) is 0 Å². The van der Waals surface area contributed by atoms with Gasteiger partial charge in [0, 0.05) is 6.54 Å². The molecule has 22 heavy (non-hydrogen) atoms. The molecule has 0 aliphatic heterocycles. The van der Waals surface area contributed by atoms with Gasteiger partial charge < -0.3 is 19.9 Å². The molecule has 0 saturated heterocycles. The molecule has 0 aliphatic rings. The van der Waals surface area contributed by atoms with E-state index in [1.807, 2.05) is 30.3 Å². The van der Waals surface area contributed by atoms with Crippen LogP contribution in [0.3, 0.4) is 0 Å². The highest BCUT2D eigenvalue weighted by molar-refractivity contribution is 5.91. The maximum atomic E-state index is 11.8. The molecule has 0 spiro atoms. The number of nitrogens with two attached hydrogens (primary N) is 1. The molecular formula is C17H19NO4. The molecule has 0 saturated carbocycles. The standard InChI is InChI=1S/C17H19NO4/c1-20-15-5-3-12(4-6-15)13-9-14(17(19)21-2)11-16(10-13)22-8-7-18/h3-6,9-11H,7-8,18H2,1-2H3. The summed E-state index contributed by atoms with van der Waals surface area (Å²) in [6.07, 6.45) is 0.